The first kappa shape index (κ1) is 12.1. The van der Waals surface area contributed by atoms with Gasteiger partial charge in [0.05, 0.1) is 0 Å². The molecule has 0 amide bonds. The summed E-state index contributed by atoms with van der Waals surface area (Å²) in [5.74, 6) is -0.197. The number of halogens is 1. The summed E-state index contributed by atoms with van der Waals surface area (Å²) in [5, 5.41) is 4.33. The van der Waals surface area contributed by atoms with Crippen molar-refractivity contribution < 1.29 is 4.39 Å². The Labute approximate surface area is 101 Å². The van der Waals surface area contributed by atoms with Crippen LogP contribution in [0, 0.1) is 12.7 Å². The monoisotopic (exact) mass is 234 g/mol. The molecule has 0 bridgehead atoms. The smallest absolute Gasteiger partial charge is 0.125 e. The van der Waals surface area contributed by atoms with Crippen LogP contribution >= 0.6 is 0 Å². The van der Waals surface area contributed by atoms with Crippen molar-refractivity contribution in [2.45, 2.75) is 26.2 Å². The molecule has 0 aliphatic heterocycles. The summed E-state index contributed by atoms with van der Waals surface area (Å²) in [7, 11) is 1.95. The van der Waals surface area contributed by atoms with Crippen LogP contribution < -0.4 is 5.32 Å². The lowest BCUT2D eigenvalue weighted by Gasteiger charge is -2.25. The molecular weight excluding hydrogens is 215 g/mol. The van der Waals surface area contributed by atoms with E-state index in [9.17, 15) is 4.39 Å². The third kappa shape index (κ3) is 2.07. The molecule has 1 aromatic carbocycles. The lowest BCUT2D eigenvalue weighted by atomic mass is 9.82. The Hall–Kier alpha value is -1.35. The fourth-order valence-electron chi connectivity index (χ4n) is 2.71. The van der Waals surface area contributed by atoms with Crippen LogP contribution in [-0.2, 0) is 5.41 Å². The predicted octanol–water partition coefficient (Wildman–Crippen LogP) is 3.11. The molecule has 0 atom stereocenters. The third-order valence-corrected chi connectivity index (χ3v) is 3.24. The number of hydrogen-bond donors (Lipinski definition) is 2. The fraction of sp³-hybridized carbons (Fsp3) is 0.429. The first-order chi connectivity index (χ1) is 7.95. The van der Waals surface area contributed by atoms with Gasteiger partial charge in [-0.25, -0.2) is 4.39 Å². The number of hydrogen-bond acceptors (Lipinski definition) is 1. The number of benzene rings is 1. The zero-order chi connectivity index (χ0) is 12.6. The number of aryl methyl sites for hydroxylation is 1. The summed E-state index contributed by atoms with van der Waals surface area (Å²) >= 11 is 0. The van der Waals surface area contributed by atoms with Gasteiger partial charge in [-0.2, -0.15) is 0 Å². The van der Waals surface area contributed by atoms with E-state index in [0.717, 1.165) is 23.1 Å². The molecule has 2 rings (SSSR count). The summed E-state index contributed by atoms with van der Waals surface area (Å²) < 4.78 is 13.2. The van der Waals surface area contributed by atoms with Crippen LogP contribution in [-0.4, -0.2) is 18.6 Å². The molecule has 2 nitrogen and oxygen atoms in total. The van der Waals surface area contributed by atoms with Crippen molar-refractivity contribution in [2.75, 3.05) is 13.6 Å². The van der Waals surface area contributed by atoms with Crippen molar-refractivity contribution >= 4 is 10.9 Å². The molecule has 2 aromatic rings. The van der Waals surface area contributed by atoms with Crippen molar-refractivity contribution in [3.8, 4) is 0 Å². The first-order valence-electron chi connectivity index (χ1n) is 5.88. The average Bonchev–Trinajstić information content (AvgIpc) is 2.53. The zero-order valence-electron chi connectivity index (χ0n) is 10.8. The minimum atomic E-state index is -0.197. The highest BCUT2D eigenvalue weighted by Gasteiger charge is 2.25. The van der Waals surface area contributed by atoms with E-state index in [1.807, 2.05) is 20.0 Å². The molecule has 17 heavy (non-hydrogen) atoms. The SMILES string of the molecule is CNCC(C)(C)c1c(C)[nH]c2cc(F)ccc12. The number of likely N-dealkylation sites (N-methyl/N-ethyl adjacent to an activating group) is 1. The zero-order valence-corrected chi connectivity index (χ0v) is 10.8. The second-order valence-corrected chi connectivity index (χ2v) is 5.23. The molecule has 0 unspecified atom stereocenters. The minimum Gasteiger partial charge on any atom is -0.358 e. The molecule has 1 aromatic heterocycles. The molecule has 1 heterocycles. The van der Waals surface area contributed by atoms with Gasteiger partial charge in [-0.3, -0.25) is 0 Å². The van der Waals surface area contributed by atoms with Gasteiger partial charge in [0.2, 0.25) is 0 Å². The van der Waals surface area contributed by atoms with Crippen LogP contribution in [0.25, 0.3) is 10.9 Å². The van der Waals surface area contributed by atoms with E-state index in [1.165, 1.54) is 11.6 Å². The molecule has 92 valence electrons. The molecule has 0 radical (unpaired) electrons. The van der Waals surface area contributed by atoms with Gasteiger partial charge < -0.3 is 10.3 Å². The number of H-pyrrole nitrogens is 1. The van der Waals surface area contributed by atoms with E-state index in [4.69, 9.17) is 0 Å². The third-order valence-electron chi connectivity index (χ3n) is 3.24. The molecule has 0 saturated heterocycles. The van der Waals surface area contributed by atoms with Crippen molar-refractivity contribution in [1.29, 1.82) is 0 Å². The van der Waals surface area contributed by atoms with Gasteiger partial charge in [0.1, 0.15) is 5.82 Å². The van der Waals surface area contributed by atoms with Gasteiger partial charge in [0.15, 0.2) is 0 Å². The lowest BCUT2D eigenvalue weighted by molar-refractivity contribution is 0.495. The van der Waals surface area contributed by atoms with Gasteiger partial charge in [-0.05, 0) is 37.7 Å². The maximum absolute atomic E-state index is 13.2. The van der Waals surface area contributed by atoms with E-state index in [0.29, 0.717) is 0 Å². The molecule has 0 fully saturated rings. The topological polar surface area (TPSA) is 27.8 Å². The maximum atomic E-state index is 13.2. The van der Waals surface area contributed by atoms with Crippen LogP contribution in [0.5, 0.6) is 0 Å². The Kier molecular flexibility index (Phi) is 2.96. The Morgan fingerprint density at radius 1 is 1.35 bits per heavy atom. The van der Waals surface area contributed by atoms with Crippen LogP contribution in [0.1, 0.15) is 25.1 Å². The number of aromatic nitrogens is 1. The van der Waals surface area contributed by atoms with Crippen molar-refractivity contribution in [1.82, 2.24) is 10.3 Å². The highest BCUT2D eigenvalue weighted by molar-refractivity contribution is 5.85. The minimum absolute atomic E-state index is 0.0227. The Balaban J connectivity index is 2.64. The molecule has 3 heteroatoms. The summed E-state index contributed by atoms with van der Waals surface area (Å²) in [6, 6.07) is 4.94. The molecule has 0 aliphatic rings. The molecule has 0 saturated carbocycles. The van der Waals surface area contributed by atoms with Gasteiger partial charge in [-0.1, -0.05) is 13.8 Å². The van der Waals surface area contributed by atoms with Crippen molar-refractivity contribution in [3.05, 3.63) is 35.3 Å². The molecule has 2 N–H and O–H groups in total. The predicted molar refractivity (Wildman–Crippen MR) is 69.9 cm³/mol. The lowest BCUT2D eigenvalue weighted by Crippen LogP contribution is -2.31. The molecule has 0 aliphatic carbocycles. The fourth-order valence-corrected chi connectivity index (χ4v) is 2.71. The van der Waals surface area contributed by atoms with E-state index in [2.05, 4.69) is 24.1 Å². The van der Waals surface area contributed by atoms with Crippen LogP contribution in [0.4, 0.5) is 4.39 Å². The quantitative estimate of drug-likeness (QED) is 0.839. The summed E-state index contributed by atoms with van der Waals surface area (Å²) in [6.45, 7) is 7.33. The average molecular weight is 234 g/mol. The van der Waals surface area contributed by atoms with Gasteiger partial charge in [0, 0.05) is 28.6 Å². The molecular formula is C14H19FN2. The van der Waals surface area contributed by atoms with Gasteiger partial charge >= 0.3 is 0 Å². The standard InChI is InChI=1S/C14H19FN2/c1-9-13(14(2,3)8-16-4)11-6-5-10(15)7-12(11)17-9/h5-7,16-17H,8H2,1-4H3. The number of rotatable bonds is 3. The Morgan fingerprint density at radius 3 is 2.71 bits per heavy atom. The van der Waals surface area contributed by atoms with Gasteiger partial charge in [0.25, 0.3) is 0 Å². The van der Waals surface area contributed by atoms with Crippen LogP contribution in [0.2, 0.25) is 0 Å². The number of nitrogens with one attached hydrogen (secondary N) is 2. The van der Waals surface area contributed by atoms with E-state index >= 15 is 0 Å². The normalized spacial score (nSPS) is 12.3. The van der Waals surface area contributed by atoms with E-state index in [1.54, 1.807) is 6.07 Å². The highest BCUT2D eigenvalue weighted by atomic mass is 19.1. The van der Waals surface area contributed by atoms with E-state index < -0.39 is 0 Å². The Bertz CT molecular complexity index is 540. The highest BCUT2D eigenvalue weighted by Crippen LogP contribution is 2.33. The largest absolute Gasteiger partial charge is 0.358 e. The van der Waals surface area contributed by atoms with E-state index in [-0.39, 0.29) is 11.2 Å². The maximum Gasteiger partial charge on any atom is 0.125 e. The number of aromatic amines is 1. The summed E-state index contributed by atoms with van der Waals surface area (Å²) in [6.07, 6.45) is 0. The molecule has 0 spiro atoms. The van der Waals surface area contributed by atoms with Crippen molar-refractivity contribution in [2.24, 2.45) is 0 Å². The Morgan fingerprint density at radius 2 is 2.06 bits per heavy atom. The summed E-state index contributed by atoms with van der Waals surface area (Å²) in [4.78, 5) is 3.26. The second kappa shape index (κ2) is 4.15. The van der Waals surface area contributed by atoms with Gasteiger partial charge in [-0.15, -0.1) is 0 Å². The van der Waals surface area contributed by atoms with Crippen molar-refractivity contribution in [3.63, 3.8) is 0 Å². The van der Waals surface area contributed by atoms with Crippen LogP contribution in [0.3, 0.4) is 0 Å². The summed E-state index contributed by atoms with van der Waals surface area (Å²) in [5.41, 5.74) is 3.28. The first-order valence-corrected chi connectivity index (χ1v) is 5.88. The number of fused-ring (bicyclic) bond motifs is 1. The van der Waals surface area contributed by atoms with Crippen LogP contribution in [0.15, 0.2) is 18.2 Å². The second-order valence-electron chi connectivity index (χ2n) is 5.23.